The predicted octanol–water partition coefficient (Wildman–Crippen LogP) is 2.84. The number of rotatable bonds is 6. The lowest BCUT2D eigenvalue weighted by atomic mass is 9.97. The van der Waals surface area contributed by atoms with E-state index in [1.54, 1.807) is 24.3 Å². The number of benzene rings is 2. The highest BCUT2D eigenvalue weighted by atomic mass is 35.5. The Labute approximate surface area is 187 Å². The summed E-state index contributed by atoms with van der Waals surface area (Å²) in [7, 11) is -3.49. The van der Waals surface area contributed by atoms with E-state index in [0.717, 1.165) is 0 Å². The van der Waals surface area contributed by atoms with Crippen LogP contribution in [0, 0.1) is 5.92 Å². The number of para-hydroxylation sites is 2. The number of carbonyl (C=O) groups excluding carboxylic acids is 1. The maximum Gasteiger partial charge on any atom is 0.223 e. The van der Waals surface area contributed by atoms with E-state index in [-0.39, 0.29) is 23.7 Å². The standard InChI is InChI=1S/C22H25ClN2O5S/c23-19-6-2-1-5-17(19)15-31(27,28)25-11-9-16(10-12-25)22(26)24-13-18-14-29-20-7-3-4-8-21(20)30-18/h1-8,16,18H,9-15H2,(H,24,26). The van der Waals surface area contributed by atoms with E-state index in [4.69, 9.17) is 21.1 Å². The molecule has 0 spiro atoms. The van der Waals surface area contributed by atoms with Crippen molar-refractivity contribution >= 4 is 27.5 Å². The first-order valence-corrected chi connectivity index (χ1v) is 12.3. The summed E-state index contributed by atoms with van der Waals surface area (Å²) in [4.78, 5) is 12.6. The van der Waals surface area contributed by atoms with Gasteiger partial charge in [-0.05, 0) is 36.6 Å². The summed E-state index contributed by atoms with van der Waals surface area (Å²) in [5.41, 5.74) is 0.584. The first-order valence-electron chi connectivity index (χ1n) is 10.3. The number of halogens is 1. The summed E-state index contributed by atoms with van der Waals surface area (Å²) in [6, 6.07) is 14.4. The molecular formula is C22H25ClN2O5S. The van der Waals surface area contributed by atoms with Crippen molar-refractivity contribution in [3.8, 4) is 11.5 Å². The van der Waals surface area contributed by atoms with Crippen LogP contribution in [0.3, 0.4) is 0 Å². The van der Waals surface area contributed by atoms with Crippen molar-refractivity contribution in [1.29, 1.82) is 0 Å². The third-order valence-electron chi connectivity index (χ3n) is 5.59. The minimum Gasteiger partial charge on any atom is -0.486 e. The van der Waals surface area contributed by atoms with E-state index >= 15 is 0 Å². The molecule has 1 fully saturated rings. The first kappa shape index (κ1) is 21.9. The summed E-state index contributed by atoms with van der Waals surface area (Å²) >= 11 is 6.11. The summed E-state index contributed by atoms with van der Waals surface area (Å²) in [5, 5.41) is 3.37. The lowest BCUT2D eigenvalue weighted by Gasteiger charge is -2.31. The summed E-state index contributed by atoms with van der Waals surface area (Å²) in [5.74, 6) is 0.943. The van der Waals surface area contributed by atoms with Gasteiger partial charge in [-0.1, -0.05) is 41.9 Å². The van der Waals surface area contributed by atoms with Crippen LogP contribution < -0.4 is 14.8 Å². The molecule has 0 saturated carbocycles. The Morgan fingerprint density at radius 2 is 1.74 bits per heavy atom. The third-order valence-corrected chi connectivity index (χ3v) is 7.78. The van der Waals surface area contributed by atoms with Crippen LogP contribution in [-0.2, 0) is 20.6 Å². The molecule has 2 aliphatic heterocycles. The molecule has 0 aromatic heterocycles. The van der Waals surface area contributed by atoms with Crippen molar-refractivity contribution in [2.45, 2.75) is 24.7 Å². The Hall–Kier alpha value is -2.29. The molecule has 4 rings (SSSR count). The summed E-state index contributed by atoms with van der Waals surface area (Å²) in [6.07, 6.45) is 0.714. The normalized spacial score (nSPS) is 19.7. The number of nitrogens with one attached hydrogen (secondary N) is 1. The predicted molar refractivity (Wildman–Crippen MR) is 118 cm³/mol. The van der Waals surface area contributed by atoms with Gasteiger partial charge in [0.2, 0.25) is 15.9 Å². The van der Waals surface area contributed by atoms with Gasteiger partial charge in [0, 0.05) is 24.0 Å². The second-order valence-corrected chi connectivity index (χ2v) is 10.1. The number of fused-ring (bicyclic) bond motifs is 1. The molecule has 1 atom stereocenters. The van der Waals surface area contributed by atoms with E-state index in [1.807, 2.05) is 24.3 Å². The zero-order chi connectivity index (χ0) is 21.8. The minimum absolute atomic E-state index is 0.0781. The van der Waals surface area contributed by atoms with Crippen LogP contribution in [0.25, 0.3) is 0 Å². The molecule has 2 aromatic carbocycles. The number of sulfonamides is 1. The van der Waals surface area contributed by atoms with Crippen LogP contribution in [0.2, 0.25) is 5.02 Å². The minimum atomic E-state index is -3.49. The van der Waals surface area contributed by atoms with Gasteiger partial charge in [-0.25, -0.2) is 12.7 Å². The Morgan fingerprint density at radius 3 is 2.48 bits per heavy atom. The SMILES string of the molecule is O=C(NCC1COc2ccccc2O1)C1CCN(S(=O)(=O)Cc2ccccc2Cl)CC1. The van der Waals surface area contributed by atoms with Crippen LogP contribution in [0.5, 0.6) is 11.5 Å². The van der Waals surface area contributed by atoms with Crippen molar-refractivity contribution in [3.63, 3.8) is 0 Å². The first-order chi connectivity index (χ1) is 14.9. The molecule has 1 amide bonds. The molecule has 166 valence electrons. The monoisotopic (exact) mass is 464 g/mol. The van der Waals surface area contributed by atoms with Crippen molar-refractivity contribution in [1.82, 2.24) is 9.62 Å². The van der Waals surface area contributed by atoms with E-state index in [2.05, 4.69) is 5.32 Å². The smallest absolute Gasteiger partial charge is 0.223 e. The lowest BCUT2D eigenvalue weighted by molar-refractivity contribution is -0.126. The number of carbonyl (C=O) groups is 1. The van der Waals surface area contributed by atoms with Crippen LogP contribution in [0.4, 0.5) is 0 Å². The largest absolute Gasteiger partial charge is 0.486 e. The van der Waals surface area contributed by atoms with Gasteiger partial charge in [0.1, 0.15) is 12.7 Å². The van der Waals surface area contributed by atoms with E-state index in [1.165, 1.54) is 4.31 Å². The van der Waals surface area contributed by atoms with Gasteiger partial charge in [-0.3, -0.25) is 4.79 Å². The summed E-state index contributed by atoms with van der Waals surface area (Å²) < 4.78 is 38.5. The number of amides is 1. The Kier molecular flexibility index (Phi) is 6.69. The molecule has 0 radical (unpaired) electrons. The average Bonchev–Trinajstić information content (AvgIpc) is 2.79. The topological polar surface area (TPSA) is 84.9 Å². The Balaban J connectivity index is 1.25. The van der Waals surface area contributed by atoms with Gasteiger partial charge >= 0.3 is 0 Å². The molecule has 2 aromatic rings. The van der Waals surface area contributed by atoms with Gasteiger partial charge in [0.25, 0.3) is 0 Å². The molecule has 1 unspecified atom stereocenters. The fourth-order valence-corrected chi connectivity index (χ4v) is 5.70. The maximum absolute atomic E-state index is 12.8. The van der Waals surface area contributed by atoms with E-state index in [0.29, 0.717) is 61.2 Å². The highest BCUT2D eigenvalue weighted by molar-refractivity contribution is 7.88. The number of hydrogen-bond acceptors (Lipinski definition) is 5. The number of ether oxygens (including phenoxy) is 2. The van der Waals surface area contributed by atoms with Gasteiger partial charge in [0.15, 0.2) is 11.5 Å². The van der Waals surface area contributed by atoms with Crippen molar-refractivity contribution in [2.24, 2.45) is 5.92 Å². The molecular weight excluding hydrogens is 440 g/mol. The van der Waals surface area contributed by atoms with E-state index < -0.39 is 10.0 Å². The molecule has 0 aliphatic carbocycles. The zero-order valence-electron chi connectivity index (χ0n) is 17.0. The lowest BCUT2D eigenvalue weighted by Crippen LogP contribution is -2.46. The van der Waals surface area contributed by atoms with Crippen LogP contribution in [0.15, 0.2) is 48.5 Å². The molecule has 0 bridgehead atoms. The number of nitrogens with zero attached hydrogens (tertiary/aromatic N) is 1. The van der Waals surface area contributed by atoms with Crippen molar-refractivity contribution in [2.75, 3.05) is 26.2 Å². The maximum atomic E-state index is 12.8. The Bertz CT molecular complexity index is 1040. The molecule has 1 N–H and O–H groups in total. The molecule has 9 heteroatoms. The van der Waals surface area contributed by atoms with Gasteiger partial charge in [0.05, 0.1) is 12.3 Å². The zero-order valence-corrected chi connectivity index (χ0v) is 18.6. The fraction of sp³-hybridized carbons (Fsp3) is 0.409. The average molecular weight is 465 g/mol. The van der Waals surface area contributed by atoms with Gasteiger partial charge in [-0.2, -0.15) is 0 Å². The molecule has 7 nitrogen and oxygen atoms in total. The third kappa shape index (κ3) is 5.31. The quantitative estimate of drug-likeness (QED) is 0.710. The van der Waals surface area contributed by atoms with E-state index in [9.17, 15) is 13.2 Å². The fourth-order valence-electron chi connectivity index (χ4n) is 3.82. The van der Waals surface area contributed by atoms with Crippen molar-refractivity contribution in [3.05, 3.63) is 59.1 Å². The van der Waals surface area contributed by atoms with Gasteiger partial charge in [-0.15, -0.1) is 0 Å². The second kappa shape index (κ2) is 9.46. The number of hydrogen-bond donors (Lipinski definition) is 1. The number of piperidine rings is 1. The molecule has 1 saturated heterocycles. The van der Waals surface area contributed by atoms with Crippen molar-refractivity contribution < 1.29 is 22.7 Å². The Morgan fingerprint density at radius 1 is 1.06 bits per heavy atom. The van der Waals surface area contributed by atoms with Crippen LogP contribution in [-0.4, -0.2) is 51.0 Å². The highest BCUT2D eigenvalue weighted by Gasteiger charge is 2.32. The summed E-state index contributed by atoms with van der Waals surface area (Å²) in [6.45, 7) is 1.36. The van der Waals surface area contributed by atoms with Crippen LogP contribution in [0.1, 0.15) is 18.4 Å². The molecule has 2 heterocycles. The second-order valence-electron chi connectivity index (χ2n) is 7.76. The molecule has 31 heavy (non-hydrogen) atoms. The highest BCUT2D eigenvalue weighted by Crippen LogP contribution is 2.31. The molecule has 2 aliphatic rings. The van der Waals surface area contributed by atoms with Gasteiger partial charge < -0.3 is 14.8 Å². The van der Waals surface area contributed by atoms with Crippen LogP contribution >= 0.6 is 11.6 Å².